The first-order valence-electron chi connectivity index (χ1n) is 10.7. The van der Waals surface area contributed by atoms with Gasteiger partial charge in [0.25, 0.3) is 0 Å². The van der Waals surface area contributed by atoms with E-state index in [2.05, 4.69) is 54.7 Å². The van der Waals surface area contributed by atoms with Crippen LogP contribution in [0.25, 0.3) is 10.9 Å². The minimum Gasteiger partial charge on any atom is -0.339 e. The van der Waals surface area contributed by atoms with Crippen LogP contribution >= 0.6 is 0 Å². The zero-order valence-corrected chi connectivity index (χ0v) is 18.1. The van der Waals surface area contributed by atoms with Gasteiger partial charge < -0.3 is 4.90 Å². The van der Waals surface area contributed by atoms with Crippen LogP contribution in [-0.4, -0.2) is 56.9 Å². The van der Waals surface area contributed by atoms with Crippen LogP contribution in [0.2, 0.25) is 0 Å². The topological polar surface area (TPSA) is 50.1 Å². The zero-order chi connectivity index (χ0) is 20.4. The number of anilines is 1. The average Bonchev–Trinajstić information content (AvgIpc) is 3.10. The van der Waals surface area contributed by atoms with E-state index in [0.717, 1.165) is 62.7 Å². The van der Waals surface area contributed by atoms with Crippen molar-refractivity contribution >= 4 is 16.9 Å². The maximum Gasteiger partial charge on any atom is 0.226 e. The van der Waals surface area contributed by atoms with E-state index in [4.69, 9.17) is 9.97 Å². The maximum atomic E-state index is 4.93. The number of rotatable bonds is 5. The number of aromatic nitrogens is 4. The second kappa shape index (κ2) is 8.49. The van der Waals surface area contributed by atoms with E-state index in [1.165, 1.54) is 16.5 Å². The highest BCUT2D eigenvalue weighted by Crippen LogP contribution is 2.23. The summed E-state index contributed by atoms with van der Waals surface area (Å²) in [6.45, 7) is 13.9. The number of fused-ring (bicyclic) bond motifs is 1. The summed E-state index contributed by atoms with van der Waals surface area (Å²) in [5.74, 6) is 0.879. The third-order valence-electron chi connectivity index (χ3n) is 6.26. The highest BCUT2D eigenvalue weighted by Gasteiger charge is 2.21. The third-order valence-corrected chi connectivity index (χ3v) is 6.26. The number of aryl methyl sites for hydroxylation is 4. The van der Waals surface area contributed by atoms with E-state index in [-0.39, 0.29) is 0 Å². The predicted octanol–water partition coefficient (Wildman–Crippen LogP) is 3.74. The Morgan fingerprint density at radius 3 is 2.62 bits per heavy atom. The number of hydrogen-bond acceptors (Lipinski definition) is 5. The van der Waals surface area contributed by atoms with Gasteiger partial charge in [0, 0.05) is 56.5 Å². The smallest absolute Gasteiger partial charge is 0.226 e. The maximum absolute atomic E-state index is 4.93. The van der Waals surface area contributed by atoms with Crippen molar-refractivity contribution in [3.05, 3.63) is 47.4 Å². The lowest BCUT2D eigenvalue weighted by Crippen LogP contribution is -2.37. The van der Waals surface area contributed by atoms with Crippen LogP contribution in [0.3, 0.4) is 0 Å². The van der Waals surface area contributed by atoms with E-state index in [1.807, 2.05) is 23.1 Å². The van der Waals surface area contributed by atoms with Gasteiger partial charge in [0.1, 0.15) is 0 Å². The molecule has 0 N–H and O–H groups in total. The molecule has 6 nitrogen and oxygen atoms in total. The molecule has 0 radical (unpaired) electrons. The molecule has 3 heterocycles. The Bertz CT molecular complexity index is 965. The predicted molar refractivity (Wildman–Crippen MR) is 118 cm³/mol. The molecular weight excluding hydrogens is 360 g/mol. The van der Waals surface area contributed by atoms with Crippen LogP contribution in [0.4, 0.5) is 5.95 Å². The molecule has 1 aromatic carbocycles. The van der Waals surface area contributed by atoms with Gasteiger partial charge in [0.05, 0.1) is 11.2 Å². The Labute approximate surface area is 173 Å². The Morgan fingerprint density at radius 1 is 1.00 bits per heavy atom. The molecule has 0 spiro atoms. The van der Waals surface area contributed by atoms with Gasteiger partial charge in [-0.05, 0) is 69.9 Å². The van der Waals surface area contributed by atoms with Crippen molar-refractivity contribution in [2.75, 3.05) is 31.1 Å². The van der Waals surface area contributed by atoms with Crippen LogP contribution in [0.5, 0.6) is 0 Å². The summed E-state index contributed by atoms with van der Waals surface area (Å²) in [4.78, 5) is 14.8. The van der Waals surface area contributed by atoms with Crippen molar-refractivity contribution in [3.63, 3.8) is 0 Å². The standard InChI is InChI=1S/C23H32N6/c1-17-15-21-20(4)25-23(26-22(21)16-18(17)2)28-10-6-9-27(13-14-28)19(3)7-12-29-11-5-8-24-29/h5,8,11,15-16,19H,6-7,9-10,12-14H2,1-4H3/t19-/m0/s1. The lowest BCUT2D eigenvalue weighted by atomic mass is 10.1. The molecule has 1 aliphatic heterocycles. The molecule has 1 atom stereocenters. The Kier molecular flexibility index (Phi) is 5.81. The molecule has 6 heteroatoms. The summed E-state index contributed by atoms with van der Waals surface area (Å²) < 4.78 is 2.02. The quantitative estimate of drug-likeness (QED) is 0.662. The Hall–Kier alpha value is -2.47. The molecule has 1 fully saturated rings. The molecule has 3 aromatic rings. The highest BCUT2D eigenvalue weighted by atomic mass is 15.3. The summed E-state index contributed by atoms with van der Waals surface area (Å²) in [6.07, 6.45) is 6.15. The third kappa shape index (κ3) is 4.42. The van der Waals surface area contributed by atoms with E-state index >= 15 is 0 Å². The van der Waals surface area contributed by atoms with E-state index in [0.29, 0.717) is 6.04 Å². The van der Waals surface area contributed by atoms with Gasteiger partial charge in [-0.1, -0.05) is 0 Å². The van der Waals surface area contributed by atoms with E-state index in [9.17, 15) is 0 Å². The largest absolute Gasteiger partial charge is 0.339 e. The molecule has 0 bridgehead atoms. The first-order chi connectivity index (χ1) is 14.0. The second-order valence-corrected chi connectivity index (χ2v) is 8.35. The van der Waals surface area contributed by atoms with Crippen molar-refractivity contribution in [2.24, 2.45) is 0 Å². The molecule has 0 unspecified atom stereocenters. The lowest BCUT2D eigenvalue weighted by molar-refractivity contribution is 0.206. The van der Waals surface area contributed by atoms with Gasteiger partial charge in [-0.3, -0.25) is 9.58 Å². The average molecular weight is 393 g/mol. The molecule has 154 valence electrons. The molecular formula is C23H32N6. The van der Waals surface area contributed by atoms with Crippen molar-refractivity contribution in [3.8, 4) is 0 Å². The number of hydrogen-bond donors (Lipinski definition) is 0. The van der Waals surface area contributed by atoms with Gasteiger partial charge in [0.15, 0.2) is 0 Å². The summed E-state index contributed by atoms with van der Waals surface area (Å²) >= 11 is 0. The van der Waals surface area contributed by atoms with E-state index < -0.39 is 0 Å². The van der Waals surface area contributed by atoms with Crippen molar-refractivity contribution in [1.82, 2.24) is 24.6 Å². The van der Waals surface area contributed by atoms with Gasteiger partial charge >= 0.3 is 0 Å². The fraction of sp³-hybridized carbons (Fsp3) is 0.522. The summed E-state index contributed by atoms with van der Waals surface area (Å²) in [5, 5.41) is 5.49. The van der Waals surface area contributed by atoms with Crippen LogP contribution in [-0.2, 0) is 6.54 Å². The zero-order valence-electron chi connectivity index (χ0n) is 18.1. The number of benzene rings is 1. The van der Waals surface area contributed by atoms with Crippen LogP contribution < -0.4 is 4.90 Å². The van der Waals surface area contributed by atoms with Crippen molar-refractivity contribution < 1.29 is 0 Å². The molecule has 4 rings (SSSR count). The van der Waals surface area contributed by atoms with Gasteiger partial charge in [-0.25, -0.2) is 9.97 Å². The number of nitrogens with zero attached hydrogens (tertiary/aromatic N) is 6. The fourth-order valence-corrected chi connectivity index (χ4v) is 4.18. The van der Waals surface area contributed by atoms with E-state index in [1.54, 1.807) is 0 Å². The molecule has 0 amide bonds. The minimum absolute atomic E-state index is 0.545. The summed E-state index contributed by atoms with van der Waals surface area (Å²) in [7, 11) is 0. The molecule has 29 heavy (non-hydrogen) atoms. The Balaban J connectivity index is 1.44. The fourth-order valence-electron chi connectivity index (χ4n) is 4.18. The second-order valence-electron chi connectivity index (χ2n) is 8.35. The van der Waals surface area contributed by atoms with Crippen LogP contribution in [0.15, 0.2) is 30.6 Å². The highest BCUT2D eigenvalue weighted by molar-refractivity contribution is 5.83. The normalized spacial score (nSPS) is 16.9. The van der Waals surface area contributed by atoms with Crippen LogP contribution in [0, 0.1) is 20.8 Å². The molecule has 0 aliphatic carbocycles. The molecule has 1 aliphatic rings. The summed E-state index contributed by atoms with van der Waals surface area (Å²) in [6, 6.07) is 6.95. The molecule has 2 aromatic heterocycles. The van der Waals surface area contributed by atoms with Crippen molar-refractivity contribution in [1.29, 1.82) is 0 Å². The minimum atomic E-state index is 0.545. The molecule has 0 saturated carbocycles. The first-order valence-corrected chi connectivity index (χ1v) is 10.7. The monoisotopic (exact) mass is 392 g/mol. The first kappa shape index (κ1) is 19.8. The van der Waals surface area contributed by atoms with Crippen LogP contribution in [0.1, 0.15) is 36.6 Å². The summed E-state index contributed by atoms with van der Waals surface area (Å²) in [5.41, 5.74) is 4.71. The SMILES string of the molecule is Cc1cc2nc(N3CCCN([C@@H](C)CCn4cccn4)CC3)nc(C)c2cc1C. The van der Waals surface area contributed by atoms with Gasteiger partial charge in [-0.15, -0.1) is 0 Å². The molecule has 1 saturated heterocycles. The van der Waals surface area contributed by atoms with Gasteiger partial charge in [0.2, 0.25) is 5.95 Å². The van der Waals surface area contributed by atoms with Crippen molar-refractivity contribution in [2.45, 2.75) is 53.1 Å². The lowest BCUT2D eigenvalue weighted by Gasteiger charge is -2.28. The Morgan fingerprint density at radius 2 is 1.83 bits per heavy atom. The van der Waals surface area contributed by atoms with Gasteiger partial charge in [-0.2, -0.15) is 5.10 Å².